The number of nitrogens with two attached hydrogens (primary N) is 1. The fourth-order valence-electron chi connectivity index (χ4n) is 1.57. The van der Waals surface area contributed by atoms with Crippen LogP contribution >= 0.6 is 15.9 Å². The van der Waals surface area contributed by atoms with Gasteiger partial charge in [-0.15, -0.1) is 0 Å². The van der Waals surface area contributed by atoms with Crippen LogP contribution in [0.3, 0.4) is 0 Å². The van der Waals surface area contributed by atoms with Gasteiger partial charge in [-0.05, 0) is 22.0 Å². The van der Waals surface area contributed by atoms with Gasteiger partial charge in [-0.2, -0.15) is 0 Å². The predicted molar refractivity (Wildman–Crippen MR) is 77.5 cm³/mol. The molecule has 0 spiro atoms. The number of carbonyl (C=O) groups excluding carboxylic acids is 1. The molecule has 1 rings (SSSR count). The quantitative estimate of drug-likeness (QED) is 0.576. The Kier molecular flexibility index (Phi) is 5.90. The van der Waals surface area contributed by atoms with Crippen LogP contribution in [0.25, 0.3) is 0 Å². The van der Waals surface area contributed by atoms with Crippen molar-refractivity contribution in [3.63, 3.8) is 0 Å². The Morgan fingerprint density at radius 2 is 2.20 bits per heavy atom. The summed E-state index contributed by atoms with van der Waals surface area (Å²) in [6.07, 6.45) is 0. The molecule has 0 saturated heterocycles. The summed E-state index contributed by atoms with van der Waals surface area (Å²) in [6, 6.07) is 3.80. The molecule has 0 radical (unpaired) electrons. The Bertz CT molecular complexity index is 507. The van der Waals surface area contributed by atoms with E-state index < -0.39 is 16.9 Å². The molecule has 8 heteroatoms. The molecule has 20 heavy (non-hydrogen) atoms. The van der Waals surface area contributed by atoms with E-state index >= 15 is 0 Å². The zero-order valence-electron chi connectivity index (χ0n) is 11.1. The van der Waals surface area contributed by atoms with Crippen LogP contribution in [0.2, 0.25) is 0 Å². The number of para-hydroxylation sites is 1. The molecular formula is C12H16BrN3O4. The minimum atomic E-state index is -0.721. The molecule has 0 fully saturated rings. The van der Waals surface area contributed by atoms with Crippen molar-refractivity contribution in [1.82, 2.24) is 5.32 Å². The zero-order chi connectivity index (χ0) is 15.3. The Morgan fingerprint density at radius 3 is 2.70 bits per heavy atom. The highest BCUT2D eigenvalue weighted by Crippen LogP contribution is 2.34. The van der Waals surface area contributed by atoms with Gasteiger partial charge in [-0.25, -0.2) is 0 Å². The lowest BCUT2D eigenvalue weighted by Crippen LogP contribution is -2.48. The lowest BCUT2D eigenvalue weighted by atomic mass is 10.2. The largest absolute Gasteiger partial charge is 0.484 e. The third kappa shape index (κ3) is 4.46. The van der Waals surface area contributed by atoms with E-state index in [1.807, 2.05) is 13.8 Å². The first-order valence-corrected chi connectivity index (χ1v) is 6.73. The maximum absolute atomic E-state index is 11.3. The van der Waals surface area contributed by atoms with Gasteiger partial charge in [0.2, 0.25) is 11.7 Å². The Labute approximate surface area is 124 Å². The normalized spacial score (nSPS) is 12.2. The number of rotatable bonds is 7. The molecule has 0 aromatic heterocycles. The molecule has 0 saturated carbocycles. The van der Waals surface area contributed by atoms with Crippen LogP contribution < -0.4 is 15.8 Å². The monoisotopic (exact) mass is 345 g/mol. The summed E-state index contributed by atoms with van der Waals surface area (Å²) in [5, 5.41) is 13.9. The van der Waals surface area contributed by atoms with E-state index in [2.05, 4.69) is 21.2 Å². The van der Waals surface area contributed by atoms with Gasteiger partial charge in [-0.1, -0.05) is 19.9 Å². The smallest absolute Gasteiger partial charge is 0.312 e. The van der Waals surface area contributed by atoms with Crippen molar-refractivity contribution in [2.75, 3.05) is 6.61 Å². The molecule has 1 unspecified atom stereocenters. The van der Waals surface area contributed by atoms with Gasteiger partial charge in [-0.3, -0.25) is 14.9 Å². The van der Waals surface area contributed by atoms with E-state index in [1.165, 1.54) is 12.1 Å². The fourth-order valence-corrected chi connectivity index (χ4v) is 2.04. The highest BCUT2D eigenvalue weighted by molar-refractivity contribution is 9.10. The maximum Gasteiger partial charge on any atom is 0.312 e. The predicted octanol–water partition coefficient (Wildman–Crippen LogP) is 1.59. The van der Waals surface area contributed by atoms with Crippen LogP contribution in [0, 0.1) is 10.1 Å². The van der Waals surface area contributed by atoms with Crippen molar-refractivity contribution in [3.05, 3.63) is 32.8 Å². The maximum atomic E-state index is 11.3. The molecule has 1 amide bonds. The number of nitrogens with zero attached hydrogens (tertiary/aromatic N) is 1. The molecular weight excluding hydrogens is 330 g/mol. The number of primary amides is 1. The van der Waals surface area contributed by atoms with Crippen LogP contribution in [0.4, 0.5) is 5.69 Å². The number of nitrogens with one attached hydrogen (secondary N) is 1. The van der Waals surface area contributed by atoms with E-state index in [9.17, 15) is 14.9 Å². The second kappa shape index (κ2) is 7.20. The minimum Gasteiger partial charge on any atom is -0.484 e. The van der Waals surface area contributed by atoms with Crippen molar-refractivity contribution in [2.24, 2.45) is 5.73 Å². The lowest BCUT2D eigenvalue weighted by molar-refractivity contribution is -0.386. The van der Waals surface area contributed by atoms with Crippen LogP contribution in [0.5, 0.6) is 5.75 Å². The summed E-state index contributed by atoms with van der Waals surface area (Å²) in [5.41, 5.74) is 5.08. The number of carbonyl (C=O) groups is 1. The SMILES string of the molecule is CC(C)NC(COc1c(Br)cccc1[N+](=O)[O-])C(N)=O. The van der Waals surface area contributed by atoms with Crippen LogP contribution in [0.1, 0.15) is 13.8 Å². The van der Waals surface area contributed by atoms with E-state index in [4.69, 9.17) is 10.5 Å². The molecule has 0 aliphatic rings. The lowest BCUT2D eigenvalue weighted by Gasteiger charge is -2.19. The summed E-state index contributed by atoms with van der Waals surface area (Å²) in [4.78, 5) is 21.7. The second-order valence-corrected chi connectivity index (χ2v) is 5.29. The Morgan fingerprint density at radius 1 is 1.55 bits per heavy atom. The van der Waals surface area contributed by atoms with Gasteiger partial charge < -0.3 is 15.8 Å². The standard InChI is InChI=1S/C12H16BrN3O4/c1-7(2)15-9(12(14)17)6-20-11-8(13)4-3-5-10(11)16(18)19/h3-5,7,9,15H,6H2,1-2H3,(H2,14,17). The number of nitro groups is 1. The molecule has 1 aromatic rings. The number of halogens is 1. The number of benzene rings is 1. The first-order chi connectivity index (χ1) is 9.32. The second-order valence-electron chi connectivity index (χ2n) is 4.43. The third-order valence-corrected chi connectivity index (χ3v) is 3.04. The minimum absolute atomic E-state index is 0.0327. The van der Waals surface area contributed by atoms with E-state index in [0.29, 0.717) is 4.47 Å². The molecule has 3 N–H and O–H groups in total. The topological polar surface area (TPSA) is 107 Å². The van der Waals surface area contributed by atoms with Crippen molar-refractivity contribution in [3.8, 4) is 5.75 Å². The summed E-state index contributed by atoms with van der Waals surface area (Å²) in [6.45, 7) is 3.63. The number of nitro benzene ring substituents is 1. The molecule has 1 aromatic carbocycles. The van der Waals surface area contributed by atoms with Gasteiger partial charge in [0.25, 0.3) is 0 Å². The van der Waals surface area contributed by atoms with Crippen LogP contribution in [-0.2, 0) is 4.79 Å². The van der Waals surface area contributed by atoms with Gasteiger partial charge in [0.15, 0.2) is 0 Å². The number of ether oxygens (including phenoxy) is 1. The van der Waals surface area contributed by atoms with Gasteiger partial charge in [0, 0.05) is 12.1 Å². The van der Waals surface area contributed by atoms with E-state index in [-0.39, 0.29) is 24.1 Å². The average molecular weight is 346 g/mol. The molecule has 110 valence electrons. The first kappa shape index (κ1) is 16.4. The molecule has 0 aliphatic heterocycles. The highest BCUT2D eigenvalue weighted by Gasteiger charge is 2.22. The average Bonchev–Trinajstić information content (AvgIpc) is 2.34. The van der Waals surface area contributed by atoms with Gasteiger partial charge >= 0.3 is 5.69 Å². The number of amides is 1. The van der Waals surface area contributed by atoms with E-state index in [0.717, 1.165) is 0 Å². The summed E-state index contributed by atoms with van der Waals surface area (Å²) < 4.78 is 5.85. The van der Waals surface area contributed by atoms with Gasteiger partial charge in [0.1, 0.15) is 12.6 Å². The Hall–Kier alpha value is -1.67. The summed E-state index contributed by atoms with van der Waals surface area (Å²) in [7, 11) is 0. The third-order valence-electron chi connectivity index (χ3n) is 2.42. The molecule has 1 atom stereocenters. The highest BCUT2D eigenvalue weighted by atomic mass is 79.9. The molecule has 0 bridgehead atoms. The molecule has 0 aliphatic carbocycles. The van der Waals surface area contributed by atoms with Crippen molar-refractivity contribution >= 4 is 27.5 Å². The number of hydrogen-bond acceptors (Lipinski definition) is 5. The summed E-state index contributed by atoms with van der Waals surface area (Å²) >= 11 is 3.19. The van der Waals surface area contributed by atoms with Crippen LogP contribution in [-0.4, -0.2) is 29.5 Å². The Balaban J connectivity index is 2.87. The fraction of sp³-hybridized carbons (Fsp3) is 0.417. The van der Waals surface area contributed by atoms with Crippen molar-refractivity contribution in [2.45, 2.75) is 25.9 Å². The molecule has 7 nitrogen and oxygen atoms in total. The summed E-state index contributed by atoms with van der Waals surface area (Å²) in [5.74, 6) is -0.497. The van der Waals surface area contributed by atoms with Gasteiger partial charge in [0.05, 0.1) is 9.40 Å². The van der Waals surface area contributed by atoms with E-state index in [1.54, 1.807) is 6.07 Å². The van der Waals surface area contributed by atoms with Crippen molar-refractivity contribution < 1.29 is 14.5 Å². The van der Waals surface area contributed by atoms with Crippen molar-refractivity contribution in [1.29, 1.82) is 0 Å². The first-order valence-electron chi connectivity index (χ1n) is 5.94. The molecule has 0 heterocycles. The number of hydrogen-bond donors (Lipinski definition) is 2. The van der Waals surface area contributed by atoms with Crippen LogP contribution in [0.15, 0.2) is 22.7 Å². The zero-order valence-corrected chi connectivity index (χ0v) is 12.7.